The van der Waals surface area contributed by atoms with Crippen molar-refractivity contribution in [1.29, 1.82) is 5.26 Å². The maximum atomic E-state index is 8.55. The van der Waals surface area contributed by atoms with Gasteiger partial charge >= 0.3 is 0 Å². The Hall–Kier alpha value is -0.630. The van der Waals surface area contributed by atoms with Crippen LogP contribution in [0.4, 0.5) is 0 Å². The number of nitriles is 1. The maximum absolute atomic E-state index is 8.55. The first kappa shape index (κ1) is 15.4. The van der Waals surface area contributed by atoms with Crippen molar-refractivity contribution in [2.45, 2.75) is 32.7 Å². The lowest BCUT2D eigenvalue weighted by Gasteiger charge is -2.25. The number of hydrogen-bond acceptors (Lipinski definition) is 4. The standard InChI is InChI=1S/C12H24N2O2/c1-12(2)14(7-4-6-13)8-5-9-16-11-10-15-3/h12H,4-5,7-11H2,1-3H3. The van der Waals surface area contributed by atoms with Gasteiger partial charge < -0.3 is 9.47 Å². The Morgan fingerprint density at radius 1 is 1.19 bits per heavy atom. The molecule has 0 saturated carbocycles. The number of ether oxygens (including phenoxy) is 2. The predicted molar refractivity (Wildman–Crippen MR) is 64.3 cm³/mol. The van der Waals surface area contributed by atoms with Crippen molar-refractivity contribution >= 4 is 0 Å². The van der Waals surface area contributed by atoms with Crippen molar-refractivity contribution in [3.63, 3.8) is 0 Å². The highest BCUT2D eigenvalue weighted by Gasteiger charge is 2.07. The molecule has 0 N–H and O–H groups in total. The number of nitrogens with zero attached hydrogens (tertiary/aromatic N) is 2. The second-order valence-corrected chi connectivity index (χ2v) is 4.00. The maximum Gasteiger partial charge on any atom is 0.0700 e. The highest BCUT2D eigenvalue weighted by atomic mass is 16.5. The molecule has 0 saturated heterocycles. The van der Waals surface area contributed by atoms with E-state index in [0.717, 1.165) is 26.1 Å². The van der Waals surface area contributed by atoms with Crippen molar-refractivity contribution in [2.75, 3.05) is 40.0 Å². The molecule has 0 spiro atoms. The quantitative estimate of drug-likeness (QED) is 0.533. The van der Waals surface area contributed by atoms with Crippen LogP contribution in [-0.2, 0) is 9.47 Å². The van der Waals surface area contributed by atoms with Gasteiger partial charge in [-0.25, -0.2) is 0 Å². The Bertz CT molecular complexity index is 190. The molecule has 0 aliphatic heterocycles. The van der Waals surface area contributed by atoms with Crippen LogP contribution in [0.15, 0.2) is 0 Å². The fraction of sp³-hybridized carbons (Fsp3) is 0.917. The summed E-state index contributed by atoms with van der Waals surface area (Å²) < 4.78 is 10.3. The Labute approximate surface area is 99.1 Å². The molecular weight excluding hydrogens is 204 g/mol. The molecule has 0 amide bonds. The van der Waals surface area contributed by atoms with Crippen LogP contribution in [0.2, 0.25) is 0 Å². The van der Waals surface area contributed by atoms with Gasteiger partial charge in [-0.05, 0) is 20.3 Å². The highest BCUT2D eigenvalue weighted by molar-refractivity contribution is 4.73. The summed E-state index contributed by atoms with van der Waals surface area (Å²) in [7, 11) is 1.67. The molecule has 0 aliphatic rings. The first-order valence-electron chi connectivity index (χ1n) is 5.90. The zero-order chi connectivity index (χ0) is 12.2. The van der Waals surface area contributed by atoms with E-state index in [-0.39, 0.29) is 0 Å². The van der Waals surface area contributed by atoms with E-state index in [1.165, 1.54) is 0 Å². The van der Waals surface area contributed by atoms with Crippen molar-refractivity contribution in [3.05, 3.63) is 0 Å². The summed E-state index contributed by atoms with van der Waals surface area (Å²) in [6.45, 7) is 8.24. The van der Waals surface area contributed by atoms with E-state index in [2.05, 4.69) is 24.8 Å². The number of methoxy groups -OCH3 is 1. The monoisotopic (exact) mass is 228 g/mol. The zero-order valence-electron chi connectivity index (χ0n) is 10.7. The normalized spacial score (nSPS) is 11.0. The Morgan fingerprint density at radius 2 is 1.94 bits per heavy atom. The zero-order valence-corrected chi connectivity index (χ0v) is 10.7. The summed E-state index contributed by atoms with van der Waals surface area (Å²) in [6, 6.07) is 2.67. The van der Waals surface area contributed by atoms with Crippen molar-refractivity contribution in [3.8, 4) is 6.07 Å². The van der Waals surface area contributed by atoms with E-state index in [1.54, 1.807) is 7.11 Å². The lowest BCUT2D eigenvalue weighted by Crippen LogP contribution is -2.33. The van der Waals surface area contributed by atoms with Crippen LogP contribution in [0.25, 0.3) is 0 Å². The van der Waals surface area contributed by atoms with E-state index in [1.807, 2.05) is 0 Å². The first-order chi connectivity index (χ1) is 7.72. The molecule has 0 aromatic rings. The molecule has 0 radical (unpaired) electrons. The SMILES string of the molecule is COCCOCCCN(CCC#N)C(C)C. The van der Waals surface area contributed by atoms with Crippen LogP contribution < -0.4 is 0 Å². The van der Waals surface area contributed by atoms with Gasteiger partial charge in [0.1, 0.15) is 0 Å². The smallest absolute Gasteiger partial charge is 0.0700 e. The van der Waals surface area contributed by atoms with E-state index in [9.17, 15) is 0 Å². The third-order valence-corrected chi connectivity index (χ3v) is 2.41. The molecule has 0 heterocycles. The average molecular weight is 228 g/mol. The van der Waals surface area contributed by atoms with Gasteiger partial charge in [-0.3, -0.25) is 4.90 Å². The van der Waals surface area contributed by atoms with Gasteiger partial charge in [0.25, 0.3) is 0 Å². The fourth-order valence-corrected chi connectivity index (χ4v) is 1.44. The summed E-state index contributed by atoms with van der Waals surface area (Å²) >= 11 is 0. The van der Waals surface area contributed by atoms with Crippen LogP contribution in [-0.4, -0.2) is 51.0 Å². The van der Waals surface area contributed by atoms with E-state index in [4.69, 9.17) is 14.7 Å². The van der Waals surface area contributed by atoms with E-state index < -0.39 is 0 Å². The molecule has 4 heteroatoms. The minimum Gasteiger partial charge on any atom is -0.382 e. The topological polar surface area (TPSA) is 45.5 Å². The summed E-state index contributed by atoms with van der Waals surface area (Å²) in [6.07, 6.45) is 1.61. The number of hydrogen-bond donors (Lipinski definition) is 0. The molecular formula is C12H24N2O2. The van der Waals surface area contributed by atoms with Crippen molar-refractivity contribution < 1.29 is 9.47 Å². The molecule has 4 nitrogen and oxygen atoms in total. The third kappa shape index (κ3) is 8.66. The van der Waals surface area contributed by atoms with Gasteiger partial charge in [-0.2, -0.15) is 5.26 Å². The Balaban J connectivity index is 3.49. The average Bonchev–Trinajstić information content (AvgIpc) is 2.26. The van der Waals surface area contributed by atoms with Crippen LogP contribution in [0.5, 0.6) is 0 Å². The predicted octanol–water partition coefficient (Wildman–Crippen LogP) is 1.66. The summed E-state index contributed by atoms with van der Waals surface area (Å²) in [4.78, 5) is 2.31. The van der Waals surface area contributed by atoms with E-state index >= 15 is 0 Å². The van der Waals surface area contributed by atoms with Gasteiger partial charge in [0.15, 0.2) is 0 Å². The van der Waals surface area contributed by atoms with Crippen LogP contribution in [0, 0.1) is 11.3 Å². The molecule has 94 valence electrons. The van der Waals surface area contributed by atoms with Crippen LogP contribution in [0.3, 0.4) is 0 Å². The van der Waals surface area contributed by atoms with Gasteiger partial charge in [-0.15, -0.1) is 0 Å². The van der Waals surface area contributed by atoms with Crippen LogP contribution >= 0.6 is 0 Å². The molecule has 0 aromatic carbocycles. The van der Waals surface area contributed by atoms with Gasteiger partial charge in [-0.1, -0.05) is 0 Å². The van der Waals surface area contributed by atoms with Crippen molar-refractivity contribution in [2.24, 2.45) is 0 Å². The third-order valence-electron chi connectivity index (χ3n) is 2.41. The molecule has 0 fully saturated rings. The minimum absolute atomic E-state index is 0.493. The molecule has 0 unspecified atom stereocenters. The lowest BCUT2D eigenvalue weighted by atomic mass is 10.2. The van der Waals surface area contributed by atoms with Gasteiger partial charge in [0, 0.05) is 39.3 Å². The van der Waals surface area contributed by atoms with Gasteiger partial charge in [0.2, 0.25) is 0 Å². The lowest BCUT2D eigenvalue weighted by molar-refractivity contribution is 0.0637. The molecule has 0 rings (SSSR count). The summed E-state index contributed by atoms with van der Waals surface area (Å²) in [5.74, 6) is 0. The van der Waals surface area contributed by atoms with Crippen LogP contribution in [0.1, 0.15) is 26.7 Å². The first-order valence-corrected chi connectivity index (χ1v) is 5.90. The van der Waals surface area contributed by atoms with Gasteiger partial charge in [0.05, 0.1) is 19.3 Å². The number of rotatable bonds is 10. The highest BCUT2D eigenvalue weighted by Crippen LogP contribution is 2.01. The minimum atomic E-state index is 0.493. The summed E-state index contributed by atoms with van der Waals surface area (Å²) in [5.41, 5.74) is 0. The molecule has 0 aromatic heterocycles. The largest absolute Gasteiger partial charge is 0.382 e. The fourth-order valence-electron chi connectivity index (χ4n) is 1.44. The molecule has 16 heavy (non-hydrogen) atoms. The van der Waals surface area contributed by atoms with E-state index in [0.29, 0.717) is 25.7 Å². The second-order valence-electron chi connectivity index (χ2n) is 4.00. The molecule has 0 aliphatic carbocycles. The van der Waals surface area contributed by atoms with Crippen molar-refractivity contribution in [1.82, 2.24) is 4.90 Å². The Morgan fingerprint density at radius 3 is 2.50 bits per heavy atom. The molecule has 0 atom stereocenters. The second kappa shape index (κ2) is 10.9. The molecule has 0 bridgehead atoms. The Kier molecular flexibility index (Phi) is 10.4. The summed E-state index contributed by atoms with van der Waals surface area (Å²) in [5, 5.41) is 8.55.